The first-order valence-corrected chi connectivity index (χ1v) is 3.05. The number of nitrogens with zero attached hydrogens (tertiary/aromatic N) is 2. The molecule has 4 nitrogen and oxygen atoms in total. The Morgan fingerprint density at radius 1 is 1.75 bits per heavy atom. The molecule has 0 amide bonds. The van der Waals surface area contributed by atoms with Crippen LogP contribution in [0.3, 0.4) is 0 Å². The van der Waals surface area contributed by atoms with Gasteiger partial charge in [-0.15, -0.1) is 0 Å². The molecule has 0 radical (unpaired) electrons. The lowest BCUT2D eigenvalue weighted by Crippen LogP contribution is -2.10. The zero-order valence-corrected chi connectivity index (χ0v) is 6.20. The second-order valence-electron chi connectivity index (χ2n) is 1.96. The summed E-state index contributed by atoms with van der Waals surface area (Å²) in [5.41, 5.74) is -0.257. The fourth-order valence-electron chi connectivity index (χ4n) is 0.723. The highest BCUT2D eigenvalue weighted by Gasteiger charge is 2.16. The summed E-state index contributed by atoms with van der Waals surface area (Å²) in [6.45, 7) is -2.78. The Morgan fingerprint density at radius 2 is 2.42 bits per heavy atom. The Bertz CT molecular complexity index is 285. The summed E-state index contributed by atoms with van der Waals surface area (Å²) >= 11 is 0. The molecule has 1 aromatic rings. The number of halogens is 2. The van der Waals surface area contributed by atoms with E-state index < -0.39 is 12.5 Å². The summed E-state index contributed by atoms with van der Waals surface area (Å²) in [7, 11) is 1.12. The third kappa shape index (κ3) is 1.41. The maximum Gasteiger partial charge on any atom is 0.356 e. The van der Waals surface area contributed by atoms with E-state index in [9.17, 15) is 13.6 Å². The van der Waals surface area contributed by atoms with Crippen LogP contribution in [-0.4, -0.2) is 22.6 Å². The second-order valence-corrected chi connectivity index (χ2v) is 1.96. The van der Waals surface area contributed by atoms with Gasteiger partial charge in [-0.25, -0.2) is 9.78 Å². The van der Waals surface area contributed by atoms with E-state index in [1.54, 1.807) is 0 Å². The van der Waals surface area contributed by atoms with Crippen LogP contribution in [0.1, 0.15) is 17.0 Å². The van der Waals surface area contributed by atoms with E-state index in [4.69, 9.17) is 0 Å². The molecule has 12 heavy (non-hydrogen) atoms. The Labute approximate surface area is 66.8 Å². The molecule has 0 N–H and O–H groups in total. The van der Waals surface area contributed by atoms with Crippen molar-refractivity contribution >= 4 is 5.97 Å². The van der Waals surface area contributed by atoms with Gasteiger partial charge in [-0.05, 0) is 0 Å². The SMILES string of the molecule is COC(=O)c1cncn1C(F)F. The molecule has 1 rings (SSSR count). The van der Waals surface area contributed by atoms with Crippen molar-refractivity contribution < 1.29 is 18.3 Å². The van der Waals surface area contributed by atoms with Crippen LogP contribution in [0.5, 0.6) is 0 Å². The fourth-order valence-corrected chi connectivity index (χ4v) is 0.723. The number of hydrogen-bond donors (Lipinski definition) is 0. The lowest BCUT2D eigenvalue weighted by molar-refractivity contribution is 0.0467. The van der Waals surface area contributed by atoms with Crippen LogP contribution in [0.15, 0.2) is 12.5 Å². The number of imidazole rings is 1. The van der Waals surface area contributed by atoms with Crippen LogP contribution in [-0.2, 0) is 4.74 Å². The van der Waals surface area contributed by atoms with Crippen LogP contribution >= 0.6 is 0 Å². The van der Waals surface area contributed by atoms with Crippen molar-refractivity contribution in [2.75, 3.05) is 7.11 Å². The van der Waals surface area contributed by atoms with Gasteiger partial charge in [0.2, 0.25) is 0 Å². The first-order chi connectivity index (χ1) is 5.66. The number of esters is 1. The Morgan fingerprint density at radius 3 is 2.92 bits per heavy atom. The molecule has 0 aliphatic carbocycles. The molecule has 0 saturated heterocycles. The molecule has 1 heterocycles. The van der Waals surface area contributed by atoms with Crippen molar-refractivity contribution in [1.29, 1.82) is 0 Å². The number of carbonyl (C=O) groups is 1. The van der Waals surface area contributed by atoms with Crippen molar-refractivity contribution in [3.05, 3.63) is 18.2 Å². The highest BCUT2D eigenvalue weighted by Crippen LogP contribution is 2.13. The highest BCUT2D eigenvalue weighted by atomic mass is 19.3. The molecule has 0 bridgehead atoms. The molecular weight excluding hydrogens is 170 g/mol. The van der Waals surface area contributed by atoms with Crippen LogP contribution in [0.25, 0.3) is 0 Å². The van der Waals surface area contributed by atoms with Crippen molar-refractivity contribution in [2.24, 2.45) is 0 Å². The maximum absolute atomic E-state index is 12.1. The number of methoxy groups -OCH3 is 1. The summed E-state index contributed by atoms with van der Waals surface area (Å²) < 4.78 is 28.8. The largest absolute Gasteiger partial charge is 0.464 e. The van der Waals surface area contributed by atoms with Crippen LogP contribution < -0.4 is 0 Å². The van der Waals surface area contributed by atoms with Crippen molar-refractivity contribution in [2.45, 2.75) is 6.55 Å². The van der Waals surface area contributed by atoms with Gasteiger partial charge in [0.1, 0.15) is 0 Å². The van der Waals surface area contributed by atoms with Crippen molar-refractivity contribution in [3.8, 4) is 0 Å². The average molecular weight is 176 g/mol. The average Bonchev–Trinajstić information content (AvgIpc) is 2.50. The fraction of sp³-hybridized carbons (Fsp3) is 0.333. The minimum Gasteiger partial charge on any atom is -0.464 e. The van der Waals surface area contributed by atoms with E-state index in [2.05, 4.69) is 9.72 Å². The zero-order chi connectivity index (χ0) is 9.14. The van der Waals surface area contributed by atoms with Gasteiger partial charge in [-0.1, -0.05) is 0 Å². The van der Waals surface area contributed by atoms with Crippen molar-refractivity contribution in [1.82, 2.24) is 9.55 Å². The van der Waals surface area contributed by atoms with Gasteiger partial charge in [0, 0.05) is 0 Å². The smallest absolute Gasteiger partial charge is 0.356 e. The van der Waals surface area contributed by atoms with Crippen LogP contribution in [0.4, 0.5) is 8.78 Å². The van der Waals surface area contributed by atoms with Gasteiger partial charge >= 0.3 is 12.5 Å². The Kier molecular flexibility index (Phi) is 2.37. The van der Waals surface area contributed by atoms with E-state index in [0.717, 1.165) is 19.6 Å². The molecule has 66 valence electrons. The van der Waals surface area contributed by atoms with E-state index in [1.165, 1.54) is 0 Å². The summed E-state index contributed by atoms with van der Waals surface area (Å²) in [6.07, 6.45) is 1.90. The third-order valence-corrected chi connectivity index (χ3v) is 1.27. The van der Waals surface area contributed by atoms with Crippen LogP contribution in [0.2, 0.25) is 0 Å². The second kappa shape index (κ2) is 3.29. The molecule has 0 atom stereocenters. The Balaban J connectivity index is 2.99. The standard InChI is InChI=1S/C6H6F2N2O2/c1-12-5(11)4-2-9-3-10(4)6(7)8/h2-3,6H,1H3. The summed E-state index contributed by atoms with van der Waals surface area (Å²) in [4.78, 5) is 14.2. The number of carbonyl (C=O) groups excluding carboxylic acids is 1. The topological polar surface area (TPSA) is 44.1 Å². The lowest BCUT2D eigenvalue weighted by Gasteiger charge is -2.03. The molecule has 0 aliphatic heterocycles. The molecule has 1 aromatic heterocycles. The molecule has 0 spiro atoms. The summed E-state index contributed by atoms with van der Waals surface area (Å²) in [6, 6.07) is 0. The van der Waals surface area contributed by atoms with Gasteiger partial charge in [-0.2, -0.15) is 8.78 Å². The molecular formula is C6H6F2N2O2. The lowest BCUT2D eigenvalue weighted by atomic mass is 10.5. The highest BCUT2D eigenvalue weighted by molar-refractivity contribution is 5.87. The van der Waals surface area contributed by atoms with Gasteiger partial charge in [0.05, 0.1) is 19.6 Å². The molecule has 0 aromatic carbocycles. The predicted molar refractivity (Wildman–Crippen MR) is 34.8 cm³/mol. The maximum atomic E-state index is 12.1. The van der Waals surface area contributed by atoms with Gasteiger partial charge in [0.25, 0.3) is 0 Å². The van der Waals surface area contributed by atoms with E-state index in [0.29, 0.717) is 4.57 Å². The predicted octanol–water partition coefficient (Wildman–Crippen LogP) is 1.06. The minimum absolute atomic E-state index is 0.257. The number of alkyl halides is 2. The first kappa shape index (κ1) is 8.63. The van der Waals surface area contributed by atoms with Crippen molar-refractivity contribution in [3.63, 3.8) is 0 Å². The molecule has 0 aliphatic rings. The molecule has 0 fully saturated rings. The van der Waals surface area contributed by atoms with Gasteiger partial charge in [-0.3, -0.25) is 4.57 Å². The minimum atomic E-state index is -2.78. The monoisotopic (exact) mass is 176 g/mol. The van der Waals surface area contributed by atoms with Crippen LogP contribution in [0, 0.1) is 0 Å². The molecule has 6 heteroatoms. The van der Waals surface area contributed by atoms with E-state index >= 15 is 0 Å². The molecule has 0 saturated carbocycles. The number of aromatic nitrogens is 2. The summed E-state index contributed by atoms with van der Waals surface area (Å²) in [5, 5.41) is 0. The number of rotatable bonds is 2. The molecule has 0 unspecified atom stereocenters. The van der Waals surface area contributed by atoms with E-state index in [-0.39, 0.29) is 5.69 Å². The Hall–Kier alpha value is -1.46. The number of ether oxygens (including phenoxy) is 1. The van der Waals surface area contributed by atoms with E-state index in [1.807, 2.05) is 0 Å². The first-order valence-electron chi connectivity index (χ1n) is 3.05. The quantitative estimate of drug-likeness (QED) is 0.633. The van der Waals surface area contributed by atoms with Gasteiger partial charge in [0.15, 0.2) is 5.69 Å². The third-order valence-electron chi connectivity index (χ3n) is 1.27. The summed E-state index contributed by atoms with van der Waals surface area (Å²) in [5.74, 6) is -0.826. The number of hydrogen-bond acceptors (Lipinski definition) is 3. The van der Waals surface area contributed by atoms with Gasteiger partial charge < -0.3 is 4.74 Å². The normalized spacial score (nSPS) is 10.3. The zero-order valence-electron chi connectivity index (χ0n) is 6.20.